The number of hydrogen-bond acceptors (Lipinski definition) is 5. The average molecular weight is 416 g/mol. The summed E-state index contributed by atoms with van der Waals surface area (Å²) in [4.78, 5) is 4.80. The van der Waals surface area contributed by atoms with Crippen LogP contribution in [0.15, 0.2) is 66.7 Å². The van der Waals surface area contributed by atoms with Crippen molar-refractivity contribution in [2.24, 2.45) is 0 Å². The predicted octanol–water partition coefficient (Wildman–Crippen LogP) is 3.46. The van der Waals surface area contributed by atoms with Crippen molar-refractivity contribution >= 4 is 10.8 Å². The van der Waals surface area contributed by atoms with E-state index in [0.29, 0.717) is 13.0 Å². The summed E-state index contributed by atoms with van der Waals surface area (Å²) in [6.07, 6.45) is -0.126. The molecule has 0 aromatic heterocycles. The van der Waals surface area contributed by atoms with Crippen molar-refractivity contribution in [1.29, 1.82) is 5.26 Å². The van der Waals surface area contributed by atoms with Gasteiger partial charge in [0.2, 0.25) is 0 Å². The highest BCUT2D eigenvalue weighted by Gasteiger charge is 2.20. The fraction of sp³-hybridized carbons (Fsp3) is 0.346. The zero-order valence-electron chi connectivity index (χ0n) is 17.8. The van der Waals surface area contributed by atoms with Crippen LogP contribution in [0.25, 0.3) is 10.8 Å². The number of benzene rings is 3. The summed E-state index contributed by atoms with van der Waals surface area (Å²) in [5.74, 6) is 0.723. The molecule has 1 fully saturated rings. The van der Waals surface area contributed by atoms with Crippen LogP contribution in [-0.2, 0) is 13.0 Å². The Morgan fingerprint density at radius 1 is 0.903 bits per heavy atom. The molecule has 1 aliphatic rings. The number of β-amino-alcohol motifs (C(OH)–C–C–N with tert-alkyl or cyclic N) is 1. The van der Waals surface area contributed by atoms with Gasteiger partial charge in [0, 0.05) is 39.3 Å². The SMILES string of the molecule is N#CCc1ccc(OC[C@H](O)CN2CCN(Cc3cccc4ccccc34)CC2)cc1. The van der Waals surface area contributed by atoms with Crippen LogP contribution in [0.5, 0.6) is 5.75 Å². The molecule has 0 aliphatic carbocycles. The highest BCUT2D eigenvalue weighted by Crippen LogP contribution is 2.20. The normalized spacial score (nSPS) is 16.1. The minimum atomic E-state index is -0.525. The highest BCUT2D eigenvalue weighted by molar-refractivity contribution is 5.85. The Bertz CT molecular complexity index is 1020. The quantitative estimate of drug-likeness (QED) is 0.611. The number of rotatable bonds is 8. The predicted molar refractivity (Wildman–Crippen MR) is 123 cm³/mol. The summed E-state index contributed by atoms with van der Waals surface area (Å²) in [5.41, 5.74) is 2.34. The van der Waals surface area contributed by atoms with E-state index < -0.39 is 6.10 Å². The summed E-state index contributed by atoms with van der Waals surface area (Å²) in [6.45, 7) is 5.74. The first-order valence-electron chi connectivity index (χ1n) is 10.9. The van der Waals surface area contributed by atoms with E-state index in [1.54, 1.807) is 0 Å². The van der Waals surface area contributed by atoms with Crippen LogP contribution in [0, 0.1) is 11.3 Å². The van der Waals surface area contributed by atoms with E-state index in [0.717, 1.165) is 44.0 Å². The number of aliphatic hydroxyl groups excluding tert-OH is 1. The zero-order valence-corrected chi connectivity index (χ0v) is 17.8. The standard InChI is InChI=1S/C26H29N3O2/c27-13-12-21-8-10-25(11-9-21)31-20-24(30)19-29-16-14-28(15-17-29)18-23-6-3-5-22-4-1-2-7-26(22)23/h1-11,24,30H,12,14-20H2/t24-/m1/s1. The number of hydrogen-bond donors (Lipinski definition) is 1. The van der Waals surface area contributed by atoms with Crippen molar-refractivity contribution in [2.75, 3.05) is 39.3 Å². The molecule has 3 aromatic carbocycles. The lowest BCUT2D eigenvalue weighted by Gasteiger charge is -2.35. The van der Waals surface area contributed by atoms with Gasteiger partial charge in [0.25, 0.3) is 0 Å². The summed E-state index contributed by atoms with van der Waals surface area (Å²) < 4.78 is 5.71. The molecule has 0 saturated carbocycles. The van der Waals surface area contributed by atoms with Gasteiger partial charge in [-0.2, -0.15) is 5.26 Å². The Kier molecular flexibility index (Phi) is 7.16. The largest absolute Gasteiger partial charge is 0.491 e. The lowest BCUT2D eigenvalue weighted by Crippen LogP contribution is -2.48. The number of ether oxygens (including phenoxy) is 1. The van der Waals surface area contributed by atoms with Gasteiger partial charge in [0.1, 0.15) is 18.5 Å². The van der Waals surface area contributed by atoms with Crippen molar-refractivity contribution in [3.8, 4) is 11.8 Å². The van der Waals surface area contributed by atoms with Gasteiger partial charge in [-0.1, -0.05) is 54.6 Å². The smallest absolute Gasteiger partial charge is 0.119 e. The van der Waals surface area contributed by atoms with Gasteiger partial charge >= 0.3 is 0 Å². The van der Waals surface area contributed by atoms with E-state index in [1.165, 1.54) is 16.3 Å². The lowest BCUT2D eigenvalue weighted by molar-refractivity contribution is 0.0447. The van der Waals surface area contributed by atoms with Crippen molar-refractivity contribution < 1.29 is 9.84 Å². The third-order valence-electron chi connectivity index (χ3n) is 5.86. The van der Waals surface area contributed by atoms with Gasteiger partial charge in [0.05, 0.1) is 12.5 Å². The third kappa shape index (κ3) is 5.83. The van der Waals surface area contributed by atoms with Gasteiger partial charge in [-0.05, 0) is 34.0 Å². The Labute approximate surface area is 184 Å². The zero-order chi connectivity index (χ0) is 21.5. The minimum absolute atomic E-state index is 0.272. The van der Waals surface area contributed by atoms with Crippen LogP contribution in [0.4, 0.5) is 0 Å². The Morgan fingerprint density at radius 2 is 1.61 bits per heavy atom. The Morgan fingerprint density at radius 3 is 2.39 bits per heavy atom. The molecule has 3 aromatic rings. The third-order valence-corrected chi connectivity index (χ3v) is 5.86. The average Bonchev–Trinajstić information content (AvgIpc) is 2.80. The Hall–Kier alpha value is -2.91. The summed E-state index contributed by atoms with van der Waals surface area (Å²) >= 11 is 0. The maximum absolute atomic E-state index is 10.4. The number of nitrogens with zero attached hydrogens (tertiary/aromatic N) is 3. The highest BCUT2D eigenvalue weighted by atomic mass is 16.5. The van der Waals surface area contributed by atoms with E-state index in [9.17, 15) is 5.11 Å². The van der Waals surface area contributed by atoms with E-state index in [2.05, 4.69) is 58.3 Å². The van der Waals surface area contributed by atoms with Gasteiger partial charge < -0.3 is 9.84 Å². The van der Waals surface area contributed by atoms with Crippen molar-refractivity contribution in [2.45, 2.75) is 19.1 Å². The molecule has 1 aliphatic heterocycles. The van der Waals surface area contributed by atoms with Gasteiger partial charge in [-0.3, -0.25) is 9.80 Å². The van der Waals surface area contributed by atoms with Crippen LogP contribution in [0.1, 0.15) is 11.1 Å². The molecule has 0 amide bonds. The number of fused-ring (bicyclic) bond motifs is 1. The summed E-state index contributed by atoms with van der Waals surface area (Å²) in [6, 6.07) is 24.7. The van der Waals surface area contributed by atoms with Crippen molar-refractivity contribution in [3.63, 3.8) is 0 Å². The number of piperazine rings is 1. The fourth-order valence-corrected chi connectivity index (χ4v) is 4.14. The van der Waals surface area contributed by atoms with Gasteiger partial charge in [-0.15, -0.1) is 0 Å². The molecule has 1 heterocycles. The molecular formula is C26H29N3O2. The van der Waals surface area contributed by atoms with Crippen molar-refractivity contribution in [1.82, 2.24) is 9.80 Å². The molecule has 0 spiro atoms. The van der Waals surface area contributed by atoms with E-state index in [4.69, 9.17) is 10.00 Å². The molecule has 4 rings (SSSR count). The maximum Gasteiger partial charge on any atom is 0.119 e. The fourth-order valence-electron chi connectivity index (χ4n) is 4.14. The molecule has 0 bridgehead atoms. The topological polar surface area (TPSA) is 59.7 Å². The first-order chi connectivity index (χ1) is 15.2. The Balaban J connectivity index is 1.21. The molecular weight excluding hydrogens is 386 g/mol. The second-order valence-corrected chi connectivity index (χ2v) is 8.16. The molecule has 1 N–H and O–H groups in total. The lowest BCUT2D eigenvalue weighted by atomic mass is 10.0. The van der Waals surface area contributed by atoms with E-state index in [-0.39, 0.29) is 6.61 Å². The number of nitriles is 1. The van der Waals surface area contributed by atoms with Gasteiger partial charge in [0.15, 0.2) is 0 Å². The molecule has 5 nitrogen and oxygen atoms in total. The molecule has 0 unspecified atom stereocenters. The minimum Gasteiger partial charge on any atom is -0.491 e. The van der Waals surface area contributed by atoms with E-state index in [1.807, 2.05) is 24.3 Å². The first kappa shape index (κ1) is 21.3. The monoisotopic (exact) mass is 415 g/mol. The molecule has 1 saturated heterocycles. The number of aliphatic hydroxyl groups is 1. The van der Waals surface area contributed by atoms with Crippen molar-refractivity contribution in [3.05, 3.63) is 77.9 Å². The van der Waals surface area contributed by atoms with Crippen LogP contribution < -0.4 is 4.74 Å². The molecule has 5 heteroatoms. The second kappa shape index (κ2) is 10.4. The van der Waals surface area contributed by atoms with Crippen LogP contribution in [0.3, 0.4) is 0 Å². The van der Waals surface area contributed by atoms with Crippen LogP contribution in [-0.4, -0.2) is 60.3 Å². The summed E-state index contributed by atoms with van der Waals surface area (Å²) in [5, 5.41) is 21.8. The van der Waals surface area contributed by atoms with Crippen LogP contribution in [0.2, 0.25) is 0 Å². The van der Waals surface area contributed by atoms with Crippen LogP contribution >= 0.6 is 0 Å². The first-order valence-corrected chi connectivity index (χ1v) is 10.9. The molecule has 31 heavy (non-hydrogen) atoms. The molecule has 160 valence electrons. The summed E-state index contributed by atoms with van der Waals surface area (Å²) in [7, 11) is 0. The molecule has 1 atom stereocenters. The van der Waals surface area contributed by atoms with Gasteiger partial charge in [-0.25, -0.2) is 0 Å². The second-order valence-electron chi connectivity index (χ2n) is 8.16. The van der Waals surface area contributed by atoms with E-state index >= 15 is 0 Å². The molecule has 0 radical (unpaired) electrons. The maximum atomic E-state index is 10.4.